The fraction of sp³-hybridized carbons (Fsp3) is 0.143. The topological polar surface area (TPSA) is 82.9 Å². The Morgan fingerprint density at radius 1 is 1.07 bits per heavy atom. The first-order valence-corrected chi connectivity index (χ1v) is 8.47. The van der Waals surface area contributed by atoms with E-state index in [9.17, 15) is 18.4 Å². The number of carboxylic acids is 1. The molecule has 0 radical (unpaired) electrons. The second-order valence-corrected chi connectivity index (χ2v) is 6.30. The molecule has 0 saturated carbocycles. The van der Waals surface area contributed by atoms with Crippen molar-refractivity contribution in [2.45, 2.75) is 6.92 Å². The van der Waals surface area contributed by atoms with E-state index in [4.69, 9.17) is 5.11 Å². The third-order valence-electron chi connectivity index (χ3n) is 3.77. The molecule has 1 N–H and O–H groups in total. The maximum absolute atomic E-state index is 12.9. The van der Waals surface area contributed by atoms with Crippen LogP contribution in [0.3, 0.4) is 0 Å². The van der Waals surface area contributed by atoms with Gasteiger partial charge in [-0.3, -0.25) is 4.79 Å². The van der Waals surface area contributed by atoms with E-state index in [1.165, 1.54) is 42.9 Å². The molecule has 0 fully saturated rings. The number of rotatable bonds is 3. The van der Waals surface area contributed by atoms with Crippen LogP contribution < -0.4 is 0 Å². The molecular formula is C21H19F2N3O3. The van der Waals surface area contributed by atoms with E-state index < -0.39 is 23.5 Å². The lowest BCUT2D eigenvalue weighted by Gasteiger charge is -2.03. The van der Waals surface area contributed by atoms with Crippen molar-refractivity contribution >= 4 is 29.0 Å². The summed E-state index contributed by atoms with van der Waals surface area (Å²) < 4.78 is 25.8. The standard InChI is InChI=1S/C11H13FN2O.C10H6FNO2/c1-8-4-5-9(12)6-10(8)11(15)13-7-14(2)3;11-7-2-1-6-3-4-12-9(10(13)14)8(6)5-7/h4-7H,1-3H3;1-5H,(H,13,14). The van der Waals surface area contributed by atoms with Crippen molar-refractivity contribution in [2.75, 3.05) is 14.1 Å². The minimum Gasteiger partial charge on any atom is -0.476 e. The van der Waals surface area contributed by atoms with Crippen molar-refractivity contribution in [3.63, 3.8) is 0 Å². The van der Waals surface area contributed by atoms with Crippen LogP contribution in [0.4, 0.5) is 8.78 Å². The summed E-state index contributed by atoms with van der Waals surface area (Å²) in [5.74, 6) is -2.47. The summed E-state index contributed by atoms with van der Waals surface area (Å²) in [6.45, 7) is 1.75. The van der Waals surface area contributed by atoms with Gasteiger partial charge in [0.15, 0.2) is 5.69 Å². The molecule has 1 heterocycles. The largest absolute Gasteiger partial charge is 0.476 e. The zero-order chi connectivity index (χ0) is 21.6. The molecule has 3 aromatic rings. The number of fused-ring (bicyclic) bond motifs is 1. The smallest absolute Gasteiger partial charge is 0.355 e. The number of hydrogen-bond acceptors (Lipinski definition) is 3. The number of aliphatic imine (C=N–C) groups is 1. The fourth-order valence-corrected chi connectivity index (χ4v) is 2.37. The summed E-state index contributed by atoms with van der Waals surface area (Å²) in [4.78, 5) is 31.3. The average molecular weight is 399 g/mol. The highest BCUT2D eigenvalue weighted by Gasteiger charge is 2.10. The third-order valence-corrected chi connectivity index (χ3v) is 3.77. The maximum Gasteiger partial charge on any atom is 0.355 e. The summed E-state index contributed by atoms with van der Waals surface area (Å²) >= 11 is 0. The second-order valence-electron chi connectivity index (χ2n) is 6.30. The highest BCUT2D eigenvalue weighted by Crippen LogP contribution is 2.18. The zero-order valence-electron chi connectivity index (χ0n) is 16.1. The zero-order valence-corrected chi connectivity index (χ0v) is 16.1. The van der Waals surface area contributed by atoms with E-state index in [-0.39, 0.29) is 5.69 Å². The molecule has 0 saturated heterocycles. The molecule has 0 aliphatic heterocycles. The first kappa shape index (κ1) is 21.6. The summed E-state index contributed by atoms with van der Waals surface area (Å²) in [5.41, 5.74) is 0.896. The van der Waals surface area contributed by atoms with Crippen molar-refractivity contribution in [1.29, 1.82) is 0 Å². The molecular weight excluding hydrogens is 380 g/mol. The lowest BCUT2D eigenvalue weighted by Crippen LogP contribution is -2.10. The van der Waals surface area contributed by atoms with Crippen LogP contribution in [-0.4, -0.2) is 47.3 Å². The van der Waals surface area contributed by atoms with Gasteiger partial charge in [0.25, 0.3) is 5.91 Å². The number of hydrogen-bond donors (Lipinski definition) is 1. The van der Waals surface area contributed by atoms with Crippen molar-refractivity contribution in [1.82, 2.24) is 9.88 Å². The number of aryl methyl sites for hydroxylation is 1. The Kier molecular flexibility index (Phi) is 7.08. The third kappa shape index (κ3) is 5.90. The molecule has 0 unspecified atom stereocenters. The SMILES string of the molecule is Cc1ccc(F)cc1C(=O)N=CN(C)C.O=C(O)c1nccc2ccc(F)cc12. The summed E-state index contributed by atoms with van der Waals surface area (Å²) in [7, 11) is 3.52. The van der Waals surface area contributed by atoms with E-state index in [0.29, 0.717) is 16.3 Å². The molecule has 0 aliphatic rings. The lowest BCUT2D eigenvalue weighted by atomic mass is 10.1. The molecule has 29 heavy (non-hydrogen) atoms. The molecule has 6 nitrogen and oxygen atoms in total. The number of pyridine rings is 1. The molecule has 2 aromatic carbocycles. The van der Waals surface area contributed by atoms with Crippen LogP contribution in [0, 0.1) is 18.6 Å². The highest BCUT2D eigenvalue weighted by molar-refractivity contribution is 6.01. The predicted octanol–water partition coefficient (Wildman–Crippen LogP) is 3.94. The monoisotopic (exact) mass is 399 g/mol. The van der Waals surface area contributed by atoms with Gasteiger partial charge in [-0.2, -0.15) is 4.99 Å². The Hall–Kier alpha value is -3.68. The second kappa shape index (κ2) is 9.50. The van der Waals surface area contributed by atoms with Gasteiger partial charge >= 0.3 is 5.97 Å². The lowest BCUT2D eigenvalue weighted by molar-refractivity contribution is 0.0692. The minimum absolute atomic E-state index is 0.123. The van der Waals surface area contributed by atoms with Gasteiger partial charge in [0.2, 0.25) is 0 Å². The van der Waals surface area contributed by atoms with Crippen molar-refractivity contribution in [3.05, 3.63) is 77.1 Å². The summed E-state index contributed by atoms with van der Waals surface area (Å²) in [6.07, 6.45) is 2.79. The highest BCUT2D eigenvalue weighted by atomic mass is 19.1. The number of carbonyl (C=O) groups is 2. The van der Waals surface area contributed by atoms with Crippen LogP contribution in [0.1, 0.15) is 26.4 Å². The Morgan fingerprint density at radius 2 is 1.72 bits per heavy atom. The van der Waals surface area contributed by atoms with E-state index in [1.807, 2.05) is 0 Å². The van der Waals surface area contributed by atoms with Crippen LogP contribution in [0.5, 0.6) is 0 Å². The number of benzene rings is 2. The number of amides is 1. The quantitative estimate of drug-likeness (QED) is 0.533. The van der Waals surface area contributed by atoms with Gasteiger partial charge in [-0.15, -0.1) is 0 Å². The molecule has 0 atom stereocenters. The van der Waals surface area contributed by atoms with Crippen LogP contribution in [-0.2, 0) is 0 Å². The maximum atomic E-state index is 12.9. The molecule has 0 spiro atoms. The normalized spacial score (nSPS) is 10.5. The van der Waals surface area contributed by atoms with E-state index >= 15 is 0 Å². The first-order valence-electron chi connectivity index (χ1n) is 8.47. The number of nitrogens with zero attached hydrogens (tertiary/aromatic N) is 3. The Bertz CT molecular complexity index is 1080. The van der Waals surface area contributed by atoms with Crippen LogP contribution in [0.25, 0.3) is 10.8 Å². The summed E-state index contributed by atoms with van der Waals surface area (Å²) in [6, 6.07) is 9.71. The first-order chi connectivity index (χ1) is 13.7. The van der Waals surface area contributed by atoms with Crippen LogP contribution in [0.15, 0.2) is 53.7 Å². The number of carboxylic acid groups (broad SMARTS) is 1. The number of aromatic carboxylic acids is 1. The number of halogens is 2. The van der Waals surface area contributed by atoms with Gasteiger partial charge in [0, 0.05) is 31.2 Å². The summed E-state index contributed by atoms with van der Waals surface area (Å²) in [5, 5.41) is 9.77. The molecule has 150 valence electrons. The van der Waals surface area contributed by atoms with Crippen molar-refractivity contribution in [3.8, 4) is 0 Å². The number of aromatic nitrogens is 1. The van der Waals surface area contributed by atoms with Crippen molar-refractivity contribution < 1.29 is 23.5 Å². The average Bonchev–Trinajstić information content (AvgIpc) is 2.67. The molecule has 0 bridgehead atoms. The van der Waals surface area contributed by atoms with E-state index in [0.717, 1.165) is 5.56 Å². The fourth-order valence-electron chi connectivity index (χ4n) is 2.37. The van der Waals surface area contributed by atoms with Gasteiger partial charge in [-0.1, -0.05) is 12.1 Å². The van der Waals surface area contributed by atoms with Gasteiger partial charge in [-0.25, -0.2) is 18.6 Å². The molecule has 0 aliphatic carbocycles. The molecule has 1 amide bonds. The van der Waals surface area contributed by atoms with Crippen molar-refractivity contribution in [2.24, 2.45) is 4.99 Å². The number of carbonyl (C=O) groups excluding carboxylic acids is 1. The Labute approximate surface area is 166 Å². The molecule has 1 aromatic heterocycles. The Balaban J connectivity index is 0.000000207. The molecule has 8 heteroatoms. The van der Waals surface area contributed by atoms with E-state index in [2.05, 4.69) is 9.98 Å². The minimum atomic E-state index is -1.15. The Morgan fingerprint density at radius 3 is 2.38 bits per heavy atom. The van der Waals surface area contributed by atoms with Gasteiger partial charge in [-0.05, 0) is 48.2 Å². The van der Waals surface area contributed by atoms with Gasteiger partial charge in [0.05, 0.1) is 6.34 Å². The van der Waals surface area contributed by atoms with E-state index in [1.54, 1.807) is 38.1 Å². The van der Waals surface area contributed by atoms with Crippen LogP contribution >= 0.6 is 0 Å². The molecule has 3 rings (SSSR count). The van der Waals surface area contributed by atoms with Gasteiger partial charge in [0.1, 0.15) is 11.6 Å². The van der Waals surface area contributed by atoms with Crippen LogP contribution in [0.2, 0.25) is 0 Å². The van der Waals surface area contributed by atoms with Gasteiger partial charge < -0.3 is 10.0 Å². The predicted molar refractivity (Wildman–Crippen MR) is 106 cm³/mol.